The van der Waals surface area contributed by atoms with Crippen LogP contribution in [-0.2, 0) is 16.1 Å². The molecule has 4 nitrogen and oxygen atoms in total. The van der Waals surface area contributed by atoms with Crippen LogP contribution in [0.1, 0.15) is 44.1 Å². The van der Waals surface area contributed by atoms with Crippen molar-refractivity contribution in [3.05, 3.63) is 35.9 Å². The predicted molar refractivity (Wildman–Crippen MR) is 89.6 cm³/mol. The van der Waals surface area contributed by atoms with Crippen molar-refractivity contribution in [3.63, 3.8) is 0 Å². The van der Waals surface area contributed by atoms with E-state index in [9.17, 15) is 9.59 Å². The molecule has 0 spiro atoms. The molecule has 0 radical (unpaired) electrons. The molecule has 1 aromatic carbocycles. The van der Waals surface area contributed by atoms with Crippen LogP contribution in [-0.4, -0.2) is 41.2 Å². The number of rotatable bonds is 4. The highest BCUT2D eigenvalue weighted by Crippen LogP contribution is 2.26. The van der Waals surface area contributed by atoms with Crippen molar-refractivity contribution >= 4 is 11.8 Å². The molecule has 3 rings (SSSR count). The van der Waals surface area contributed by atoms with Gasteiger partial charge in [0, 0.05) is 32.6 Å². The van der Waals surface area contributed by atoms with Gasteiger partial charge in [-0.2, -0.15) is 0 Å². The summed E-state index contributed by atoms with van der Waals surface area (Å²) < 4.78 is 0. The SMILES string of the molecule is CN(C(=O)C1CC(=O)N(Cc2ccccc2)C1)C1CCCCC1. The van der Waals surface area contributed by atoms with Gasteiger partial charge in [-0.1, -0.05) is 49.6 Å². The summed E-state index contributed by atoms with van der Waals surface area (Å²) in [6.45, 7) is 1.17. The number of nitrogens with zero attached hydrogens (tertiary/aromatic N) is 2. The average Bonchev–Trinajstić information content (AvgIpc) is 2.96. The van der Waals surface area contributed by atoms with E-state index in [1.54, 1.807) is 0 Å². The van der Waals surface area contributed by atoms with Gasteiger partial charge in [-0.3, -0.25) is 9.59 Å². The van der Waals surface area contributed by atoms with Gasteiger partial charge in [0.05, 0.1) is 5.92 Å². The van der Waals surface area contributed by atoms with Crippen LogP contribution in [0.3, 0.4) is 0 Å². The third kappa shape index (κ3) is 3.74. The first-order chi connectivity index (χ1) is 11.1. The van der Waals surface area contributed by atoms with Crippen LogP contribution in [0.4, 0.5) is 0 Å². The van der Waals surface area contributed by atoms with Gasteiger partial charge >= 0.3 is 0 Å². The Labute approximate surface area is 138 Å². The van der Waals surface area contributed by atoms with Gasteiger partial charge in [0.2, 0.25) is 11.8 Å². The van der Waals surface area contributed by atoms with Gasteiger partial charge in [0.1, 0.15) is 0 Å². The van der Waals surface area contributed by atoms with Crippen molar-refractivity contribution in [3.8, 4) is 0 Å². The fraction of sp³-hybridized carbons (Fsp3) is 0.579. The van der Waals surface area contributed by atoms with E-state index in [2.05, 4.69) is 0 Å². The molecular formula is C19H26N2O2. The topological polar surface area (TPSA) is 40.6 Å². The number of likely N-dealkylation sites (tertiary alicyclic amines) is 1. The van der Waals surface area contributed by atoms with Crippen molar-refractivity contribution in [2.75, 3.05) is 13.6 Å². The van der Waals surface area contributed by atoms with E-state index in [-0.39, 0.29) is 17.7 Å². The standard InChI is InChI=1S/C19H26N2O2/c1-20(17-10-6-3-7-11-17)19(23)16-12-18(22)21(14-16)13-15-8-4-2-5-9-15/h2,4-5,8-9,16-17H,3,6-7,10-14H2,1H3. The lowest BCUT2D eigenvalue weighted by Gasteiger charge is -2.32. The highest BCUT2D eigenvalue weighted by Gasteiger charge is 2.37. The molecule has 1 unspecified atom stereocenters. The van der Waals surface area contributed by atoms with Crippen LogP contribution < -0.4 is 0 Å². The lowest BCUT2D eigenvalue weighted by Crippen LogP contribution is -2.42. The van der Waals surface area contributed by atoms with E-state index in [0.29, 0.717) is 25.6 Å². The Kier molecular flexibility index (Phi) is 4.99. The summed E-state index contributed by atoms with van der Waals surface area (Å²) >= 11 is 0. The lowest BCUT2D eigenvalue weighted by molar-refractivity contribution is -0.137. The minimum Gasteiger partial charge on any atom is -0.342 e. The Hall–Kier alpha value is -1.84. The Bertz CT molecular complexity index is 552. The normalized spacial score (nSPS) is 22.4. The molecule has 2 amide bonds. The molecule has 1 aliphatic carbocycles. The van der Waals surface area contributed by atoms with E-state index in [1.807, 2.05) is 47.2 Å². The monoisotopic (exact) mass is 314 g/mol. The summed E-state index contributed by atoms with van der Waals surface area (Å²) in [5.74, 6) is 0.0863. The number of hydrogen-bond acceptors (Lipinski definition) is 2. The first-order valence-electron chi connectivity index (χ1n) is 8.73. The third-order valence-corrected chi connectivity index (χ3v) is 5.25. The summed E-state index contributed by atoms with van der Waals surface area (Å²) in [5.41, 5.74) is 1.12. The molecule has 1 heterocycles. The van der Waals surface area contributed by atoms with E-state index in [4.69, 9.17) is 0 Å². The highest BCUT2D eigenvalue weighted by molar-refractivity contribution is 5.89. The molecule has 124 valence electrons. The molecule has 4 heteroatoms. The number of benzene rings is 1. The van der Waals surface area contributed by atoms with Crippen LogP contribution in [0.25, 0.3) is 0 Å². The Morgan fingerprint density at radius 1 is 1.17 bits per heavy atom. The first-order valence-corrected chi connectivity index (χ1v) is 8.73. The molecular weight excluding hydrogens is 288 g/mol. The van der Waals surface area contributed by atoms with Gasteiger partial charge in [-0.25, -0.2) is 0 Å². The minimum atomic E-state index is -0.168. The number of amides is 2. The average molecular weight is 314 g/mol. The maximum atomic E-state index is 12.7. The van der Waals surface area contributed by atoms with Gasteiger partial charge in [-0.05, 0) is 18.4 Å². The summed E-state index contributed by atoms with van der Waals surface area (Å²) in [7, 11) is 1.92. The zero-order valence-electron chi connectivity index (χ0n) is 13.9. The summed E-state index contributed by atoms with van der Waals surface area (Å²) in [6, 6.07) is 10.4. The van der Waals surface area contributed by atoms with Crippen molar-refractivity contribution in [2.24, 2.45) is 5.92 Å². The van der Waals surface area contributed by atoms with Crippen molar-refractivity contribution < 1.29 is 9.59 Å². The van der Waals surface area contributed by atoms with Crippen LogP contribution in [0.5, 0.6) is 0 Å². The van der Waals surface area contributed by atoms with Gasteiger partial charge in [0.15, 0.2) is 0 Å². The van der Waals surface area contributed by atoms with Gasteiger partial charge in [0.25, 0.3) is 0 Å². The molecule has 1 aromatic rings. The quantitative estimate of drug-likeness (QED) is 0.857. The van der Waals surface area contributed by atoms with Crippen LogP contribution in [0.2, 0.25) is 0 Å². The molecule has 1 saturated carbocycles. The Morgan fingerprint density at radius 2 is 1.87 bits per heavy atom. The summed E-state index contributed by atoms with van der Waals surface area (Å²) in [5, 5.41) is 0. The predicted octanol–water partition coefficient (Wildman–Crippen LogP) is 2.83. The van der Waals surface area contributed by atoms with Gasteiger partial charge < -0.3 is 9.80 Å². The van der Waals surface area contributed by atoms with Crippen LogP contribution >= 0.6 is 0 Å². The molecule has 0 N–H and O–H groups in total. The van der Waals surface area contributed by atoms with E-state index in [1.165, 1.54) is 19.3 Å². The molecule has 0 bridgehead atoms. The van der Waals surface area contributed by atoms with Crippen molar-refractivity contribution in [2.45, 2.75) is 51.1 Å². The van der Waals surface area contributed by atoms with Crippen molar-refractivity contribution in [1.82, 2.24) is 9.80 Å². The maximum absolute atomic E-state index is 12.7. The minimum absolute atomic E-state index is 0.101. The third-order valence-electron chi connectivity index (χ3n) is 5.25. The molecule has 1 saturated heterocycles. The summed E-state index contributed by atoms with van der Waals surface area (Å²) in [6.07, 6.45) is 6.29. The van der Waals surface area contributed by atoms with Crippen molar-refractivity contribution in [1.29, 1.82) is 0 Å². The number of carbonyl (C=O) groups is 2. The molecule has 2 fully saturated rings. The fourth-order valence-electron chi connectivity index (χ4n) is 3.83. The largest absolute Gasteiger partial charge is 0.342 e. The molecule has 1 atom stereocenters. The molecule has 1 aliphatic heterocycles. The molecule has 0 aromatic heterocycles. The molecule has 2 aliphatic rings. The Morgan fingerprint density at radius 3 is 2.57 bits per heavy atom. The van der Waals surface area contributed by atoms with Crippen LogP contribution in [0, 0.1) is 5.92 Å². The lowest BCUT2D eigenvalue weighted by atomic mass is 9.93. The van der Waals surface area contributed by atoms with E-state index >= 15 is 0 Å². The second-order valence-corrected chi connectivity index (χ2v) is 6.90. The highest BCUT2D eigenvalue weighted by atomic mass is 16.2. The maximum Gasteiger partial charge on any atom is 0.227 e. The first kappa shape index (κ1) is 16.0. The number of hydrogen-bond donors (Lipinski definition) is 0. The zero-order valence-corrected chi connectivity index (χ0v) is 13.9. The van der Waals surface area contributed by atoms with E-state index < -0.39 is 0 Å². The van der Waals surface area contributed by atoms with E-state index in [0.717, 1.165) is 18.4 Å². The zero-order chi connectivity index (χ0) is 16.2. The Balaban J connectivity index is 1.59. The number of carbonyl (C=O) groups excluding carboxylic acids is 2. The fourth-order valence-corrected chi connectivity index (χ4v) is 3.83. The second kappa shape index (κ2) is 7.16. The smallest absolute Gasteiger partial charge is 0.227 e. The summed E-state index contributed by atoms with van der Waals surface area (Å²) in [4.78, 5) is 28.7. The van der Waals surface area contributed by atoms with Crippen LogP contribution in [0.15, 0.2) is 30.3 Å². The second-order valence-electron chi connectivity index (χ2n) is 6.90. The van der Waals surface area contributed by atoms with Gasteiger partial charge in [-0.15, -0.1) is 0 Å². The molecule has 23 heavy (non-hydrogen) atoms.